The molecule has 0 fully saturated rings. The lowest BCUT2D eigenvalue weighted by Gasteiger charge is -2.29. The van der Waals surface area contributed by atoms with E-state index in [1.54, 1.807) is 13.0 Å². The molecule has 5 heteroatoms. The van der Waals surface area contributed by atoms with Crippen molar-refractivity contribution in [2.75, 3.05) is 6.54 Å². The molecule has 5 nitrogen and oxygen atoms in total. The zero-order valence-corrected chi connectivity index (χ0v) is 15.2. The minimum absolute atomic E-state index is 0.0368. The average molecular weight is 342 g/mol. The number of hydrogen-bond acceptors (Lipinski definition) is 3. The van der Waals surface area contributed by atoms with Crippen molar-refractivity contribution in [3.8, 4) is 11.3 Å². The monoisotopic (exact) mass is 342 g/mol. The fourth-order valence-corrected chi connectivity index (χ4v) is 2.60. The van der Waals surface area contributed by atoms with Crippen molar-refractivity contribution in [2.45, 2.75) is 39.7 Å². The van der Waals surface area contributed by atoms with Gasteiger partial charge in [0.05, 0.1) is 5.60 Å². The Morgan fingerprint density at radius 3 is 2.64 bits per heavy atom. The van der Waals surface area contributed by atoms with E-state index in [1.165, 1.54) is 6.07 Å². The molecule has 3 N–H and O–H groups in total. The van der Waals surface area contributed by atoms with Gasteiger partial charge >= 0.3 is 0 Å². The molecule has 2 rings (SSSR count). The largest absolute Gasteiger partial charge is 0.388 e. The van der Waals surface area contributed by atoms with E-state index in [2.05, 4.69) is 10.3 Å². The van der Waals surface area contributed by atoms with Gasteiger partial charge in [-0.15, -0.1) is 0 Å². The number of aryl methyl sites for hydroxylation is 1. The van der Waals surface area contributed by atoms with Gasteiger partial charge in [-0.05, 0) is 43.5 Å². The van der Waals surface area contributed by atoms with Crippen LogP contribution >= 0.6 is 0 Å². The lowest BCUT2D eigenvalue weighted by molar-refractivity contribution is 0.00591. The number of H-pyrrole nitrogens is 1. The first-order valence-electron chi connectivity index (χ1n) is 8.55. The van der Waals surface area contributed by atoms with E-state index in [4.69, 9.17) is 0 Å². The Morgan fingerprint density at radius 2 is 2.04 bits per heavy atom. The number of aromatic nitrogens is 1. The number of hydrogen-bond donors (Lipinski definition) is 3. The van der Waals surface area contributed by atoms with Crippen LogP contribution < -0.4 is 10.9 Å². The number of aliphatic hydroxyl groups is 1. The first-order valence-corrected chi connectivity index (χ1v) is 8.55. The molecule has 1 heterocycles. The topological polar surface area (TPSA) is 82.2 Å². The molecule has 0 aliphatic carbocycles. The Labute approximate surface area is 148 Å². The van der Waals surface area contributed by atoms with Crippen LogP contribution in [0.4, 0.5) is 0 Å². The molecule has 1 aromatic heterocycles. The summed E-state index contributed by atoms with van der Waals surface area (Å²) in [5.74, 6) is -0.449. The minimum Gasteiger partial charge on any atom is -0.388 e. The number of rotatable bonds is 6. The first-order chi connectivity index (χ1) is 11.7. The molecule has 0 bridgehead atoms. The maximum absolute atomic E-state index is 12.3. The van der Waals surface area contributed by atoms with Crippen LogP contribution in [0.15, 0.2) is 41.2 Å². The fourth-order valence-electron chi connectivity index (χ4n) is 2.60. The third kappa shape index (κ3) is 4.57. The second kappa shape index (κ2) is 7.66. The molecule has 0 unspecified atom stereocenters. The van der Waals surface area contributed by atoms with E-state index >= 15 is 0 Å². The predicted octanol–water partition coefficient (Wildman–Crippen LogP) is 2.88. The third-order valence-electron chi connectivity index (χ3n) is 4.76. The standard InChI is InChI=1S/C20H26N2O3/c1-5-14(3)20(4,25)12-21-18(23)16-9-10-17(22-19(16)24)15-8-6-7-13(2)11-15/h6-11,14,25H,5,12H2,1-4H3,(H,21,23)(H,22,24)/t14-,20+/m1/s1. The molecule has 25 heavy (non-hydrogen) atoms. The van der Waals surface area contributed by atoms with Crippen molar-refractivity contribution in [1.82, 2.24) is 10.3 Å². The van der Waals surface area contributed by atoms with Crippen LogP contribution in [0.2, 0.25) is 0 Å². The molecular formula is C20H26N2O3. The van der Waals surface area contributed by atoms with E-state index in [0.717, 1.165) is 17.5 Å². The number of amides is 1. The maximum Gasteiger partial charge on any atom is 0.261 e. The highest BCUT2D eigenvalue weighted by Crippen LogP contribution is 2.19. The summed E-state index contributed by atoms with van der Waals surface area (Å²) in [4.78, 5) is 27.3. The molecular weight excluding hydrogens is 316 g/mol. The first kappa shape index (κ1) is 18.9. The summed E-state index contributed by atoms with van der Waals surface area (Å²) in [5, 5.41) is 13.0. The number of benzene rings is 1. The maximum atomic E-state index is 12.3. The van der Waals surface area contributed by atoms with Gasteiger partial charge in [-0.2, -0.15) is 0 Å². The fraction of sp³-hybridized carbons (Fsp3) is 0.400. The highest BCUT2D eigenvalue weighted by atomic mass is 16.3. The molecule has 0 saturated heterocycles. The molecule has 0 saturated carbocycles. The van der Waals surface area contributed by atoms with Crippen LogP contribution in [-0.2, 0) is 0 Å². The third-order valence-corrected chi connectivity index (χ3v) is 4.76. The number of aromatic amines is 1. The van der Waals surface area contributed by atoms with Crippen molar-refractivity contribution in [3.63, 3.8) is 0 Å². The van der Waals surface area contributed by atoms with Crippen LogP contribution in [0, 0.1) is 12.8 Å². The summed E-state index contributed by atoms with van der Waals surface area (Å²) >= 11 is 0. The summed E-state index contributed by atoms with van der Waals surface area (Å²) in [6.07, 6.45) is 0.800. The molecule has 2 atom stereocenters. The second-order valence-corrected chi connectivity index (χ2v) is 6.83. The Hall–Kier alpha value is -2.40. The van der Waals surface area contributed by atoms with Gasteiger partial charge in [-0.25, -0.2) is 0 Å². The van der Waals surface area contributed by atoms with E-state index in [9.17, 15) is 14.7 Å². The van der Waals surface area contributed by atoms with Crippen LogP contribution in [0.5, 0.6) is 0 Å². The molecule has 0 aliphatic rings. The summed E-state index contributed by atoms with van der Waals surface area (Å²) in [5.41, 5.74) is 1.22. The summed E-state index contributed by atoms with van der Waals surface area (Å²) in [6, 6.07) is 11.0. The van der Waals surface area contributed by atoms with Crippen LogP contribution in [-0.4, -0.2) is 28.1 Å². The van der Waals surface area contributed by atoms with E-state index in [0.29, 0.717) is 5.69 Å². The zero-order valence-electron chi connectivity index (χ0n) is 15.2. The van der Waals surface area contributed by atoms with Crippen molar-refractivity contribution < 1.29 is 9.90 Å². The van der Waals surface area contributed by atoms with Crippen LogP contribution in [0.25, 0.3) is 11.3 Å². The Bertz CT molecular complexity index is 809. The van der Waals surface area contributed by atoms with Gasteiger partial charge < -0.3 is 15.4 Å². The van der Waals surface area contributed by atoms with Gasteiger partial charge in [0, 0.05) is 12.2 Å². The average Bonchev–Trinajstić information content (AvgIpc) is 2.58. The number of pyridine rings is 1. The van der Waals surface area contributed by atoms with E-state index in [1.807, 2.05) is 45.0 Å². The summed E-state index contributed by atoms with van der Waals surface area (Å²) in [6.45, 7) is 7.67. The summed E-state index contributed by atoms with van der Waals surface area (Å²) < 4.78 is 0. The highest BCUT2D eigenvalue weighted by Gasteiger charge is 2.27. The Balaban J connectivity index is 2.15. The van der Waals surface area contributed by atoms with Gasteiger partial charge in [-0.3, -0.25) is 9.59 Å². The van der Waals surface area contributed by atoms with E-state index in [-0.39, 0.29) is 18.0 Å². The summed E-state index contributed by atoms with van der Waals surface area (Å²) in [7, 11) is 0. The lowest BCUT2D eigenvalue weighted by Crippen LogP contribution is -2.45. The molecule has 0 aliphatic heterocycles. The normalized spacial score (nSPS) is 14.6. The molecule has 1 amide bonds. The van der Waals surface area contributed by atoms with Crippen LogP contribution in [0.1, 0.15) is 43.1 Å². The van der Waals surface area contributed by atoms with Gasteiger partial charge in [-0.1, -0.05) is 44.0 Å². The molecule has 1 aromatic carbocycles. The second-order valence-electron chi connectivity index (χ2n) is 6.83. The number of carbonyl (C=O) groups is 1. The minimum atomic E-state index is -1.02. The lowest BCUT2D eigenvalue weighted by atomic mass is 9.88. The SMILES string of the molecule is CC[C@@H](C)[C@@](C)(O)CNC(=O)c1ccc(-c2cccc(C)c2)[nH]c1=O. The molecule has 2 aromatic rings. The van der Waals surface area contributed by atoms with Gasteiger partial charge in [0.2, 0.25) is 0 Å². The van der Waals surface area contributed by atoms with Crippen molar-refractivity contribution in [1.29, 1.82) is 0 Å². The van der Waals surface area contributed by atoms with Crippen molar-refractivity contribution in [3.05, 3.63) is 57.9 Å². The molecule has 0 radical (unpaired) electrons. The Kier molecular flexibility index (Phi) is 5.80. The molecule has 134 valence electrons. The quantitative estimate of drug-likeness (QED) is 0.755. The van der Waals surface area contributed by atoms with Crippen LogP contribution in [0.3, 0.4) is 0 Å². The number of carbonyl (C=O) groups excluding carboxylic acids is 1. The van der Waals surface area contributed by atoms with E-state index < -0.39 is 17.1 Å². The van der Waals surface area contributed by atoms with Crippen molar-refractivity contribution >= 4 is 5.91 Å². The zero-order chi connectivity index (χ0) is 18.6. The van der Waals surface area contributed by atoms with Gasteiger partial charge in [0.25, 0.3) is 11.5 Å². The molecule has 0 spiro atoms. The highest BCUT2D eigenvalue weighted by molar-refractivity contribution is 5.94. The predicted molar refractivity (Wildman–Crippen MR) is 99.6 cm³/mol. The smallest absolute Gasteiger partial charge is 0.261 e. The number of nitrogens with one attached hydrogen (secondary N) is 2. The van der Waals surface area contributed by atoms with Gasteiger partial charge in [0.1, 0.15) is 5.56 Å². The van der Waals surface area contributed by atoms with Gasteiger partial charge in [0.15, 0.2) is 0 Å². The van der Waals surface area contributed by atoms with Crippen molar-refractivity contribution in [2.24, 2.45) is 5.92 Å². The Morgan fingerprint density at radius 1 is 1.32 bits per heavy atom.